The quantitative estimate of drug-likeness (QED) is 0.367. The zero-order chi connectivity index (χ0) is 25.9. The second kappa shape index (κ2) is 10.2. The van der Waals surface area contributed by atoms with E-state index in [0.29, 0.717) is 35.5 Å². The van der Waals surface area contributed by atoms with Crippen molar-refractivity contribution in [3.63, 3.8) is 0 Å². The number of anilines is 1. The van der Waals surface area contributed by atoms with E-state index in [2.05, 4.69) is 25.3 Å². The summed E-state index contributed by atoms with van der Waals surface area (Å²) in [6.07, 6.45) is 0.0992. The monoisotopic (exact) mass is 506 g/mol. The third-order valence-corrected chi connectivity index (χ3v) is 6.10. The minimum absolute atomic E-state index is 0.0273. The van der Waals surface area contributed by atoms with Gasteiger partial charge in [-0.3, -0.25) is 19.7 Å². The minimum atomic E-state index is -4.56. The average molecular weight is 506 g/mol. The van der Waals surface area contributed by atoms with Gasteiger partial charge in [0.1, 0.15) is 5.69 Å². The molecule has 3 aromatic rings. The molecule has 0 radical (unpaired) electrons. The first-order chi connectivity index (χ1) is 17.1. The van der Waals surface area contributed by atoms with Crippen LogP contribution in [-0.4, -0.2) is 56.2 Å². The van der Waals surface area contributed by atoms with Crippen molar-refractivity contribution in [2.45, 2.75) is 38.0 Å². The fourth-order valence-corrected chi connectivity index (χ4v) is 4.45. The number of carbonyl (C=O) groups is 1. The topological polar surface area (TPSA) is 83.9 Å². The van der Waals surface area contributed by atoms with Crippen LogP contribution in [0, 0.1) is 5.92 Å². The van der Waals surface area contributed by atoms with Gasteiger partial charge < -0.3 is 5.32 Å². The van der Waals surface area contributed by atoms with Crippen molar-refractivity contribution in [2.24, 2.45) is 5.92 Å². The Labute approximate surface area is 203 Å². The first-order valence-corrected chi connectivity index (χ1v) is 11.2. The third-order valence-electron chi connectivity index (χ3n) is 6.10. The van der Waals surface area contributed by atoms with Crippen molar-refractivity contribution >= 4 is 12.2 Å². The summed E-state index contributed by atoms with van der Waals surface area (Å²) in [6, 6.07) is 6.39. The number of hydrogen-bond donors (Lipinski definition) is 1. The number of aromatic nitrogens is 4. The molecule has 1 N–H and O–H groups in total. The summed E-state index contributed by atoms with van der Waals surface area (Å²) < 4.78 is 67.5. The number of hydrogen-bond acceptors (Lipinski definition) is 7. The lowest BCUT2D eigenvalue weighted by molar-refractivity contribution is -0.138. The van der Waals surface area contributed by atoms with E-state index in [1.54, 1.807) is 42.3 Å². The molecule has 7 nitrogen and oxygen atoms in total. The van der Waals surface area contributed by atoms with Gasteiger partial charge in [0.05, 0.1) is 17.8 Å². The van der Waals surface area contributed by atoms with Gasteiger partial charge in [-0.2, -0.15) is 13.2 Å². The Bertz CT molecular complexity index is 1200. The number of nitrogens with one attached hydrogen (secondary N) is 1. The summed E-state index contributed by atoms with van der Waals surface area (Å²) in [5, 5.41) is 2.88. The molecular formula is C24H23F5N6O. The zero-order valence-electron chi connectivity index (χ0n) is 19.2. The SMILES string of the molecule is CC1CC(F)(F)CN(Cc2cccnc2-c2cccnc2C=O)C1CNc1ncc(C(F)(F)F)cn1. The maximum absolute atomic E-state index is 14.6. The van der Waals surface area contributed by atoms with Gasteiger partial charge in [0, 0.05) is 55.9 Å². The van der Waals surface area contributed by atoms with Gasteiger partial charge in [0.25, 0.3) is 5.92 Å². The van der Waals surface area contributed by atoms with Crippen molar-refractivity contribution in [3.8, 4) is 11.3 Å². The van der Waals surface area contributed by atoms with Crippen LogP contribution in [0.3, 0.4) is 0 Å². The molecule has 0 aromatic carbocycles. The second-order valence-corrected chi connectivity index (χ2v) is 8.75. The lowest BCUT2D eigenvalue weighted by Crippen LogP contribution is -2.54. The first-order valence-electron chi connectivity index (χ1n) is 11.2. The molecule has 12 heteroatoms. The van der Waals surface area contributed by atoms with E-state index in [4.69, 9.17) is 0 Å². The van der Waals surface area contributed by atoms with Gasteiger partial charge in [-0.25, -0.2) is 18.7 Å². The normalized spacial score (nSPS) is 20.2. The zero-order valence-corrected chi connectivity index (χ0v) is 19.2. The highest BCUT2D eigenvalue weighted by Gasteiger charge is 2.44. The van der Waals surface area contributed by atoms with E-state index in [1.807, 2.05) is 0 Å². The lowest BCUT2D eigenvalue weighted by Gasteiger charge is -2.43. The molecule has 0 saturated carbocycles. The Kier molecular flexibility index (Phi) is 7.25. The number of alkyl halides is 5. The fourth-order valence-electron chi connectivity index (χ4n) is 4.45. The highest BCUT2D eigenvalue weighted by molar-refractivity contribution is 5.84. The molecule has 1 aliphatic heterocycles. The van der Waals surface area contributed by atoms with Gasteiger partial charge in [0.2, 0.25) is 5.95 Å². The molecule has 4 heterocycles. The summed E-state index contributed by atoms with van der Waals surface area (Å²) in [6.45, 7) is 1.44. The standard InChI is InChI=1S/C24H23F5N6O/c1-15-8-23(25,26)14-35(20(15)11-34-22-32-9-17(10-33-22)24(27,28)29)12-16-4-2-7-31-21(16)18-5-3-6-30-19(18)13-36/h2-7,9-10,13,15,20H,8,11-12,14H2,1H3,(H,32,33,34). The van der Waals surface area contributed by atoms with Crippen LogP contribution in [-0.2, 0) is 12.7 Å². The minimum Gasteiger partial charge on any atom is -0.353 e. The van der Waals surface area contributed by atoms with Crippen molar-refractivity contribution in [3.05, 3.63) is 65.9 Å². The molecule has 36 heavy (non-hydrogen) atoms. The number of piperidine rings is 1. The van der Waals surface area contributed by atoms with Gasteiger partial charge in [-0.15, -0.1) is 0 Å². The summed E-state index contributed by atoms with van der Waals surface area (Å²) >= 11 is 0. The molecule has 2 unspecified atom stereocenters. The van der Waals surface area contributed by atoms with E-state index >= 15 is 0 Å². The molecule has 0 aliphatic carbocycles. The highest BCUT2D eigenvalue weighted by Crippen LogP contribution is 2.36. The second-order valence-electron chi connectivity index (χ2n) is 8.75. The number of likely N-dealkylation sites (tertiary alicyclic amines) is 1. The predicted octanol–water partition coefficient (Wildman–Crippen LogP) is 4.72. The van der Waals surface area contributed by atoms with Crippen LogP contribution in [0.25, 0.3) is 11.3 Å². The molecule has 190 valence electrons. The number of carbonyl (C=O) groups excluding carboxylic acids is 1. The van der Waals surface area contributed by atoms with Crippen LogP contribution in [0.4, 0.5) is 27.9 Å². The van der Waals surface area contributed by atoms with Crippen molar-refractivity contribution in [1.82, 2.24) is 24.8 Å². The van der Waals surface area contributed by atoms with E-state index in [1.165, 1.54) is 6.20 Å². The summed E-state index contributed by atoms with van der Waals surface area (Å²) in [7, 11) is 0. The van der Waals surface area contributed by atoms with E-state index in [9.17, 15) is 26.7 Å². The van der Waals surface area contributed by atoms with E-state index in [-0.39, 0.29) is 31.2 Å². The van der Waals surface area contributed by atoms with Crippen molar-refractivity contribution < 1.29 is 26.7 Å². The van der Waals surface area contributed by atoms with Gasteiger partial charge in [-0.05, 0) is 29.7 Å². The predicted molar refractivity (Wildman–Crippen MR) is 121 cm³/mol. The number of pyridine rings is 2. The maximum atomic E-state index is 14.6. The molecule has 0 bridgehead atoms. The first kappa shape index (κ1) is 25.5. The molecule has 4 rings (SSSR count). The van der Waals surface area contributed by atoms with Gasteiger partial charge >= 0.3 is 6.18 Å². The maximum Gasteiger partial charge on any atom is 0.419 e. The van der Waals surface area contributed by atoms with Crippen LogP contribution >= 0.6 is 0 Å². The summed E-state index contributed by atoms with van der Waals surface area (Å²) in [5.41, 5.74) is 0.802. The van der Waals surface area contributed by atoms with Crippen LogP contribution in [0.15, 0.2) is 49.1 Å². The molecule has 1 fully saturated rings. The molecule has 1 saturated heterocycles. The largest absolute Gasteiger partial charge is 0.419 e. The third kappa shape index (κ3) is 5.81. The summed E-state index contributed by atoms with van der Waals surface area (Å²) in [4.78, 5) is 29.0. The molecule has 1 aliphatic rings. The number of aldehydes is 1. The van der Waals surface area contributed by atoms with Crippen molar-refractivity contribution in [1.29, 1.82) is 0 Å². The Morgan fingerprint density at radius 1 is 1.11 bits per heavy atom. The van der Waals surface area contributed by atoms with E-state index < -0.39 is 36.2 Å². The van der Waals surface area contributed by atoms with Crippen molar-refractivity contribution in [2.75, 3.05) is 18.4 Å². The molecule has 0 amide bonds. The smallest absolute Gasteiger partial charge is 0.353 e. The molecule has 3 aromatic heterocycles. The molecular weight excluding hydrogens is 483 g/mol. The Balaban J connectivity index is 1.58. The van der Waals surface area contributed by atoms with Gasteiger partial charge in [0.15, 0.2) is 6.29 Å². The lowest BCUT2D eigenvalue weighted by atomic mass is 9.88. The Morgan fingerprint density at radius 2 is 1.81 bits per heavy atom. The molecule has 0 spiro atoms. The molecule has 2 atom stereocenters. The number of halogens is 5. The van der Waals surface area contributed by atoms with E-state index in [0.717, 1.165) is 0 Å². The highest BCUT2D eigenvalue weighted by atomic mass is 19.4. The van der Waals surface area contributed by atoms with Crippen LogP contribution in [0.5, 0.6) is 0 Å². The van der Waals surface area contributed by atoms with Crippen LogP contribution in [0.1, 0.15) is 35.0 Å². The average Bonchev–Trinajstić information content (AvgIpc) is 2.83. The van der Waals surface area contributed by atoms with Crippen LogP contribution in [0.2, 0.25) is 0 Å². The number of rotatable bonds is 7. The summed E-state index contributed by atoms with van der Waals surface area (Å²) in [5.74, 6) is -3.40. The number of nitrogens with zero attached hydrogens (tertiary/aromatic N) is 5. The Morgan fingerprint density at radius 3 is 2.50 bits per heavy atom. The van der Waals surface area contributed by atoms with Gasteiger partial charge in [-0.1, -0.05) is 13.0 Å². The van der Waals surface area contributed by atoms with Crippen LogP contribution < -0.4 is 5.32 Å². The Hall–Kier alpha value is -3.54. The fraction of sp³-hybridized carbons (Fsp3) is 0.375.